The smallest absolute Gasteiger partial charge is 0.272 e. The van der Waals surface area contributed by atoms with Crippen LogP contribution in [0.3, 0.4) is 0 Å². The fourth-order valence-electron chi connectivity index (χ4n) is 4.30. The molecule has 170 valence electrons. The minimum absolute atomic E-state index is 0.0602. The molecule has 1 aromatic carbocycles. The average molecular weight is 476 g/mol. The van der Waals surface area contributed by atoms with Crippen molar-refractivity contribution in [2.24, 2.45) is 7.05 Å². The SMILES string of the molecule is Cn1nc(C(=O)NCc2ccc(Cl)cc2)c2c1C(=O)N(CC1(SN3CC(O)C3)CC1)CC2. The second-order valence-corrected chi connectivity index (χ2v) is 10.9. The van der Waals surface area contributed by atoms with Crippen molar-refractivity contribution in [2.75, 3.05) is 26.2 Å². The summed E-state index contributed by atoms with van der Waals surface area (Å²) in [5.41, 5.74) is 2.50. The summed E-state index contributed by atoms with van der Waals surface area (Å²) in [7, 11) is 1.72. The number of β-amino-alcohol motifs (C(OH)–C–C–N with tert-alkyl or cyclic N) is 1. The molecule has 5 rings (SSSR count). The van der Waals surface area contributed by atoms with Crippen molar-refractivity contribution < 1.29 is 14.7 Å². The quantitative estimate of drug-likeness (QED) is 0.594. The highest BCUT2D eigenvalue weighted by Gasteiger charge is 2.49. The van der Waals surface area contributed by atoms with Crippen LogP contribution in [0, 0.1) is 0 Å². The van der Waals surface area contributed by atoms with Gasteiger partial charge in [0.25, 0.3) is 11.8 Å². The van der Waals surface area contributed by atoms with E-state index in [0.717, 1.165) is 24.0 Å². The molecule has 3 aliphatic rings. The standard InChI is InChI=1S/C22H26ClN5O3S/c1-26-19-17(18(25-26)20(30)24-10-14-2-4-15(23)5-3-14)6-9-27(21(19)31)13-22(7-8-22)32-28-11-16(29)12-28/h2-5,16,29H,6-13H2,1H3,(H,24,30). The number of amides is 2. The Morgan fingerprint density at radius 3 is 2.69 bits per heavy atom. The van der Waals surface area contributed by atoms with Crippen LogP contribution in [0.25, 0.3) is 0 Å². The van der Waals surface area contributed by atoms with Gasteiger partial charge in [-0.1, -0.05) is 35.7 Å². The Morgan fingerprint density at radius 2 is 2.03 bits per heavy atom. The Hall–Kier alpha value is -2.07. The molecule has 2 aliphatic heterocycles. The maximum absolute atomic E-state index is 13.3. The van der Waals surface area contributed by atoms with E-state index in [0.29, 0.717) is 55.6 Å². The number of aryl methyl sites for hydroxylation is 1. The summed E-state index contributed by atoms with van der Waals surface area (Å²) in [4.78, 5) is 28.0. The number of hydrogen-bond donors (Lipinski definition) is 2. The van der Waals surface area contributed by atoms with Gasteiger partial charge in [0.2, 0.25) is 0 Å². The van der Waals surface area contributed by atoms with Crippen LogP contribution in [0.4, 0.5) is 0 Å². The lowest BCUT2D eigenvalue weighted by molar-refractivity contribution is 0.0602. The van der Waals surface area contributed by atoms with Crippen LogP contribution >= 0.6 is 23.5 Å². The largest absolute Gasteiger partial charge is 0.390 e. The number of carbonyl (C=O) groups excluding carboxylic acids is 2. The zero-order chi connectivity index (χ0) is 22.5. The molecule has 1 aromatic heterocycles. The van der Waals surface area contributed by atoms with Crippen molar-refractivity contribution in [1.29, 1.82) is 0 Å². The number of aromatic nitrogens is 2. The predicted molar refractivity (Wildman–Crippen MR) is 123 cm³/mol. The van der Waals surface area contributed by atoms with Gasteiger partial charge in [0.05, 0.1) is 6.10 Å². The molecule has 0 bridgehead atoms. The summed E-state index contributed by atoms with van der Waals surface area (Å²) in [5, 5.41) is 17.5. The fraction of sp³-hybridized carbons (Fsp3) is 0.500. The monoisotopic (exact) mass is 475 g/mol. The summed E-state index contributed by atoms with van der Waals surface area (Å²) in [5.74, 6) is -0.336. The first-order valence-electron chi connectivity index (χ1n) is 10.8. The summed E-state index contributed by atoms with van der Waals surface area (Å²) in [6.07, 6.45) is 2.54. The minimum Gasteiger partial charge on any atom is -0.390 e. The normalized spacial score (nSPS) is 20.1. The Morgan fingerprint density at radius 1 is 1.31 bits per heavy atom. The molecule has 8 nitrogen and oxygen atoms in total. The molecular formula is C22H26ClN5O3S. The van der Waals surface area contributed by atoms with Gasteiger partial charge in [0, 0.05) is 55.1 Å². The van der Waals surface area contributed by atoms with Crippen LogP contribution in [0.15, 0.2) is 24.3 Å². The number of aliphatic hydroxyl groups is 1. The molecule has 0 unspecified atom stereocenters. The highest BCUT2D eigenvalue weighted by Crippen LogP contribution is 2.51. The van der Waals surface area contributed by atoms with Crippen molar-refractivity contribution >= 4 is 35.4 Å². The third-order valence-corrected chi connectivity index (χ3v) is 8.02. The van der Waals surface area contributed by atoms with E-state index in [1.807, 2.05) is 17.0 Å². The maximum atomic E-state index is 13.3. The van der Waals surface area contributed by atoms with E-state index in [2.05, 4.69) is 14.7 Å². The van der Waals surface area contributed by atoms with Gasteiger partial charge in [-0.15, -0.1) is 0 Å². The first-order chi connectivity index (χ1) is 15.3. The minimum atomic E-state index is -0.274. The molecule has 1 aliphatic carbocycles. The van der Waals surface area contributed by atoms with Crippen LogP contribution in [0.2, 0.25) is 5.02 Å². The molecule has 0 spiro atoms. The third-order valence-electron chi connectivity index (χ3n) is 6.29. The van der Waals surface area contributed by atoms with E-state index >= 15 is 0 Å². The zero-order valence-electron chi connectivity index (χ0n) is 17.9. The molecular weight excluding hydrogens is 450 g/mol. The van der Waals surface area contributed by atoms with E-state index in [1.165, 1.54) is 0 Å². The van der Waals surface area contributed by atoms with Crippen LogP contribution in [-0.2, 0) is 20.0 Å². The van der Waals surface area contributed by atoms with Crippen molar-refractivity contribution in [2.45, 2.75) is 36.7 Å². The summed E-state index contributed by atoms with van der Waals surface area (Å²) >= 11 is 7.70. The third kappa shape index (κ3) is 4.26. The topological polar surface area (TPSA) is 90.7 Å². The molecule has 3 heterocycles. The van der Waals surface area contributed by atoms with Gasteiger partial charge in [-0.25, -0.2) is 4.31 Å². The molecule has 32 heavy (non-hydrogen) atoms. The van der Waals surface area contributed by atoms with Gasteiger partial charge in [0.15, 0.2) is 5.69 Å². The average Bonchev–Trinajstić information content (AvgIpc) is 3.41. The zero-order valence-corrected chi connectivity index (χ0v) is 19.5. The number of halogens is 1. The van der Waals surface area contributed by atoms with E-state index < -0.39 is 0 Å². The second kappa shape index (κ2) is 8.37. The van der Waals surface area contributed by atoms with Gasteiger partial charge < -0.3 is 15.3 Å². The maximum Gasteiger partial charge on any atom is 0.272 e. The molecule has 2 N–H and O–H groups in total. The Kier molecular flexibility index (Phi) is 5.69. The number of aliphatic hydroxyl groups excluding tert-OH is 1. The van der Waals surface area contributed by atoms with Gasteiger partial charge in [0.1, 0.15) is 5.69 Å². The van der Waals surface area contributed by atoms with Crippen LogP contribution in [-0.4, -0.2) is 72.9 Å². The van der Waals surface area contributed by atoms with E-state index in [-0.39, 0.29) is 22.7 Å². The first kappa shape index (κ1) is 21.8. The molecule has 0 atom stereocenters. The molecule has 10 heteroatoms. The molecule has 2 fully saturated rings. The predicted octanol–water partition coefficient (Wildman–Crippen LogP) is 1.86. The van der Waals surface area contributed by atoms with Crippen LogP contribution in [0.5, 0.6) is 0 Å². The number of nitrogens with one attached hydrogen (secondary N) is 1. The number of rotatable bonds is 7. The first-order valence-corrected chi connectivity index (χ1v) is 12.0. The van der Waals surface area contributed by atoms with Crippen molar-refractivity contribution in [3.05, 3.63) is 51.8 Å². The second-order valence-electron chi connectivity index (χ2n) is 8.86. The molecule has 1 saturated heterocycles. The lowest BCUT2D eigenvalue weighted by Gasteiger charge is -2.39. The van der Waals surface area contributed by atoms with Crippen LogP contribution in [0.1, 0.15) is 44.9 Å². The Labute approximate surface area is 196 Å². The van der Waals surface area contributed by atoms with E-state index in [9.17, 15) is 14.7 Å². The number of benzene rings is 1. The molecule has 1 saturated carbocycles. The van der Waals surface area contributed by atoms with E-state index in [1.54, 1.807) is 35.8 Å². The van der Waals surface area contributed by atoms with Crippen molar-refractivity contribution in [3.8, 4) is 0 Å². The van der Waals surface area contributed by atoms with Gasteiger partial charge in [-0.05, 0) is 37.0 Å². The summed E-state index contributed by atoms with van der Waals surface area (Å²) in [6, 6.07) is 7.30. The Balaban J connectivity index is 1.25. The highest BCUT2D eigenvalue weighted by molar-refractivity contribution is 7.98. The molecule has 0 radical (unpaired) electrons. The fourth-order valence-corrected chi connectivity index (χ4v) is 5.97. The Bertz CT molecular complexity index is 1050. The van der Waals surface area contributed by atoms with Gasteiger partial charge >= 0.3 is 0 Å². The lowest BCUT2D eigenvalue weighted by atomic mass is 10.0. The number of fused-ring (bicyclic) bond motifs is 1. The number of hydrogen-bond acceptors (Lipinski definition) is 6. The molecule has 2 aromatic rings. The number of carbonyl (C=O) groups is 2. The summed E-state index contributed by atoms with van der Waals surface area (Å²) < 4.78 is 3.79. The number of nitrogens with zero attached hydrogens (tertiary/aromatic N) is 4. The van der Waals surface area contributed by atoms with Gasteiger partial charge in [-0.2, -0.15) is 5.10 Å². The van der Waals surface area contributed by atoms with Crippen molar-refractivity contribution in [3.63, 3.8) is 0 Å². The highest BCUT2D eigenvalue weighted by atomic mass is 35.5. The van der Waals surface area contributed by atoms with Gasteiger partial charge in [-0.3, -0.25) is 14.3 Å². The molecule has 2 amide bonds. The van der Waals surface area contributed by atoms with Crippen molar-refractivity contribution in [1.82, 2.24) is 24.3 Å². The van der Waals surface area contributed by atoms with E-state index in [4.69, 9.17) is 11.6 Å². The lowest BCUT2D eigenvalue weighted by Crippen LogP contribution is -2.49. The summed E-state index contributed by atoms with van der Waals surface area (Å²) in [6.45, 7) is 3.03. The van der Waals surface area contributed by atoms with Crippen LogP contribution < -0.4 is 5.32 Å².